The third kappa shape index (κ3) is 4.25. The lowest BCUT2D eigenvalue weighted by molar-refractivity contribution is 1.03. The second kappa shape index (κ2) is 11.0. The van der Waals surface area contributed by atoms with Crippen molar-refractivity contribution in [3.8, 4) is 33.9 Å². The number of benzene rings is 8. The zero-order chi connectivity index (χ0) is 34.6. The molecule has 0 unspecified atom stereocenters. The summed E-state index contributed by atoms with van der Waals surface area (Å²) in [5.41, 5.74) is 6.48. The molecule has 4 heterocycles. The molecule has 4 nitrogen and oxygen atoms in total. The summed E-state index contributed by atoms with van der Waals surface area (Å²) in [4.78, 5) is 18.5. The molecule has 0 atom stereocenters. The summed E-state index contributed by atoms with van der Waals surface area (Å²) in [6.45, 7) is 0. The summed E-state index contributed by atoms with van der Waals surface area (Å²) in [6, 6.07) is 56.6. The van der Waals surface area contributed by atoms with Crippen molar-refractivity contribution < 1.29 is 0 Å². The van der Waals surface area contributed by atoms with Crippen LogP contribution in [0.3, 0.4) is 0 Å². The van der Waals surface area contributed by atoms with E-state index in [0.29, 0.717) is 17.6 Å². The minimum atomic E-state index is 0.594. The third-order valence-corrected chi connectivity index (χ3v) is 12.9. The van der Waals surface area contributed by atoms with Crippen molar-refractivity contribution in [2.24, 2.45) is 0 Å². The van der Waals surface area contributed by atoms with Crippen LogP contribution in [0.25, 0.3) is 95.8 Å². The van der Waals surface area contributed by atoms with Gasteiger partial charge >= 0.3 is 0 Å². The fraction of sp³-hybridized carbons (Fsp3) is 0. The van der Waals surface area contributed by atoms with Gasteiger partial charge in [0.1, 0.15) is 0 Å². The van der Waals surface area contributed by atoms with Gasteiger partial charge in [-0.2, -0.15) is 9.97 Å². The van der Waals surface area contributed by atoms with Crippen LogP contribution in [0.2, 0.25) is 0 Å². The van der Waals surface area contributed by atoms with Gasteiger partial charge in [0.2, 0.25) is 5.95 Å². The highest BCUT2D eigenvalue weighted by Gasteiger charge is 2.30. The summed E-state index contributed by atoms with van der Waals surface area (Å²) >= 11 is 3.63. The zero-order valence-corrected chi connectivity index (χ0v) is 29.7. The van der Waals surface area contributed by atoms with E-state index in [2.05, 4.69) is 163 Å². The molecule has 12 rings (SSSR count). The van der Waals surface area contributed by atoms with E-state index < -0.39 is 0 Å². The first-order valence-electron chi connectivity index (χ1n) is 17.7. The number of rotatable bonds is 3. The van der Waals surface area contributed by atoms with Crippen molar-refractivity contribution in [3.63, 3.8) is 0 Å². The van der Waals surface area contributed by atoms with Crippen molar-refractivity contribution in [2.75, 3.05) is 4.90 Å². The lowest BCUT2D eigenvalue weighted by Gasteiger charge is -2.33. The Morgan fingerprint density at radius 3 is 1.96 bits per heavy atom. The smallest absolute Gasteiger partial charge is 0.238 e. The Bertz CT molecular complexity index is 3320. The zero-order valence-electron chi connectivity index (χ0n) is 28.1. The van der Waals surface area contributed by atoms with Gasteiger partial charge in [-0.3, -0.25) is 4.90 Å². The fourth-order valence-corrected chi connectivity index (χ4v) is 10.5. The molecule has 11 aromatic rings. The van der Waals surface area contributed by atoms with E-state index in [0.717, 1.165) is 33.5 Å². The highest BCUT2D eigenvalue weighted by molar-refractivity contribution is 7.26. The third-order valence-electron chi connectivity index (χ3n) is 10.6. The molecule has 0 fully saturated rings. The van der Waals surface area contributed by atoms with Gasteiger partial charge in [0.05, 0.1) is 11.4 Å². The van der Waals surface area contributed by atoms with Crippen LogP contribution in [0.4, 0.5) is 17.3 Å². The number of anilines is 3. The molecule has 3 aromatic heterocycles. The van der Waals surface area contributed by atoms with Crippen molar-refractivity contribution >= 4 is 102 Å². The average Bonchev–Trinajstić information content (AvgIpc) is 3.79. The van der Waals surface area contributed by atoms with E-state index in [1.807, 2.05) is 22.7 Å². The van der Waals surface area contributed by atoms with Crippen LogP contribution in [0.1, 0.15) is 0 Å². The highest BCUT2D eigenvalue weighted by atomic mass is 32.1. The van der Waals surface area contributed by atoms with Gasteiger partial charge < -0.3 is 0 Å². The van der Waals surface area contributed by atoms with E-state index in [-0.39, 0.29) is 0 Å². The molecule has 0 N–H and O–H groups in total. The quantitative estimate of drug-likeness (QED) is 0.183. The lowest BCUT2D eigenvalue weighted by atomic mass is 9.89. The maximum Gasteiger partial charge on any atom is 0.238 e. The SMILES string of the molecule is c1ccc2c3c(ccc2c1)-c1cccc2cccc(c12)N3c1nc(-c2ccc3sc4ccccc4c3c2)nc(-c2cccc3sc4ccccc4c23)n1. The predicted molar refractivity (Wildman–Crippen MR) is 225 cm³/mol. The Morgan fingerprint density at radius 1 is 0.396 bits per heavy atom. The second-order valence-electron chi connectivity index (χ2n) is 13.6. The molecule has 0 saturated carbocycles. The highest BCUT2D eigenvalue weighted by Crippen LogP contribution is 2.53. The molecule has 0 amide bonds. The largest absolute Gasteiger partial charge is 0.277 e. The number of hydrogen-bond acceptors (Lipinski definition) is 6. The van der Waals surface area contributed by atoms with Crippen LogP contribution in [-0.2, 0) is 0 Å². The average molecular weight is 711 g/mol. The number of fused-ring (bicyclic) bond motifs is 10. The Morgan fingerprint density at radius 2 is 1.06 bits per heavy atom. The maximum atomic E-state index is 5.47. The van der Waals surface area contributed by atoms with Crippen molar-refractivity contribution in [2.45, 2.75) is 0 Å². The summed E-state index contributed by atoms with van der Waals surface area (Å²) in [5.74, 6) is 1.89. The number of nitrogens with zero attached hydrogens (tertiary/aromatic N) is 4. The summed E-state index contributed by atoms with van der Waals surface area (Å²) in [6.07, 6.45) is 0. The van der Waals surface area contributed by atoms with Gasteiger partial charge in [0, 0.05) is 67.8 Å². The molecule has 0 spiro atoms. The molecule has 53 heavy (non-hydrogen) atoms. The molecule has 6 heteroatoms. The van der Waals surface area contributed by atoms with E-state index >= 15 is 0 Å². The molecule has 0 radical (unpaired) electrons. The first-order valence-corrected chi connectivity index (χ1v) is 19.3. The molecule has 0 aliphatic carbocycles. The first-order chi connectivity index (χ1) is 26.3. The minimum absolute atomic E-state index is 0.594. The molecular formula is C47H26N4S2. The van der Waals surface area contributed by atoms with E-state index in [1.54, 1.807) is 0 Å². The summed E-state index contributed by atoms with van der Waals surface area (Å²) < 4.78 is 4.99. The fourth-order valence-electron chi connectivity index (χ4n) is 8.31. The Kier molecular flexibility index (Phi) is 6.06. The van der Waals surface area contributed by atoms with Crippen molar-refractivity contribution in [1.29, 1.82) is 0 Å². The van der Waals surface area contributed by atoms with Crippen LogP contribution in [-0.4, -0.2) is 15.0 Å². The van der Waals surface area contributed by atoms with Gasteiger partial charge in [-0.1, -0.05) is 115 Å². The predicted octanol–water partition coefficient (Wildman–Crippen LogP) is 13.7. The Labute approximate surface area is 311 Å². The number of thiophene rings is 2. The van der Waals surface area contributed by atoms with Crippen LogP contribution < -0.4 is 4.90 Å². The molecule has 0 bridgehead atoms. The van der Waals surface area contributed by atoms with Gasteiger partial charge in [-0.25, -0.2) is 4.98 Å². The van der Waals surface area contributed by atoms with Gasteiger partial charge in [0.25, 0.3) is 0 Å². The topological polar surface area (TPSA) is 41.9 Å². The number of hydrogen-bond donors (Lipinski definition) is 0. The summed E-state index contributed by atoms with van der Waals surface area (Å²) in [5, 5.41) is 9.54. The van der Waals surface area contributed by atoms with Gasteiger partial charge in [-0.15, -0.1) is 22.7 Å². The van der Waals surface area contributed by atoms with Crippen LogP contribution in [0, 0.1) is 0 Å². The maximum absolute atomic E-state index is 5.47. The molecule has 1 aliphatic heterocycles. The summed E-state index contributed by atoms with van der Waals surface area (Å²) in [7, 11) is 0. The Balaban J connectivity index is 1.20. The Hall–Kier alpha value is -6.47. The van der Waals surface area contributed by atoms with Crippen molar-refractivity contribution in [1.82, 2.24) is 15.0 Å². The van der Waals surface area contributed by atoms with E-state index in [4.69, 9.17) is 15.0 Å². The number of aromatic nitrogens is 3. The van der Waals surface area contributed by atoms with Crippen LogP contribution in [0.15, 0.2) is 158 Å². The lowest BCUT2D eigenvalue weighted by Crippen LogP contribution is -2.19. The van der Waals surface area contributed by atoms with Gasteiger partial charge in [0.15, 0.2) is 11.6 Å². The second-order valence-corrected chi connectivity index (χ2v) is 15.7. The monoisotopic (exact) mass is 710 g/mol. The van der Waals surface area contributed by atoms with Crippen molar-refractivity contribution in [3.05, 3.63) is 158 Å². The van der Waals surface area contributed by atoms with E-state index in [9.17, 15) is 0 Å². The molecule has 246 valence electrons. The standard InChI is InChI=1S/C47H26N4S2/c1-2-13-30-27(10-1)22-24-33-32-16-7-11-28-12-8-18-37(42(28)32)51(44(30)33)47-49-45(29-23-25-40-36(26-29)31-14-3-5-19-38(31)52-40)48-46(50-47)35-17-9-21-41-43(35)34-15-4-6-20-39(34)53-41/h1-26H. The molecule has 8 aromatic carbocycles. The van der Waals surface area contributed by atoms with Crippen LogP contribution >= 0.6 is 22.7 Å². The minimum Gasteiger partial charge on any atom is -0.277 e. The van der Waals surface area contributed by atoms with Crippen LogP contribution in [0.5, 0.6) is 0 Å². The normalized spacial score (nSPS) is 12.5. The van der Waals surface area contributed by atoms with E-state index in [1.165, 1.54) is 62.1 Å². The van der Waals surface area contributed by atoms with Gasteiger partial charge in [-0.05, 0) is 58.8 Å². The first kappa shape index (κ1) is 29.1. The molecule has 0 saturated heterocycles. The molecule has 1 aliphatic rings. The molecular weight excluding hydrogens is 685 g/mol.